The van der Waals surface area contributed by atoms with E-state index in [9.17, 15) is 27.9 Å². The topological polar surface area (TPSA) is 176 Å². The molecule has 0 bridgehead atoms. The van der Waals surface area contributed by atoms with E-state index in [0.29, 0.717) is 82.3 Å². The highest BCUT2D eigenvalue weighted by Gasteiger charge is 2.71. The van der Waals surface area contributed by atoms with Crippen LogP contribution in [0.4, 0.5) is 0 Å². The van der Waals surface area contributed by atoms with Crippen molar-refractivity contribution in [3.8, 4) is 0 Å². The summed E-state index contributed by atoms with van der Waals surface area (Å²) in [4.78, 5) is 40.5. The minimum Gasteiger partial charge on any atom is -0.481 e. The minimum absolute atomic E-state index is 0.0744. The standard InChI is InChI=1S/C52H88N2O12S/c1-35(2)37-14-19-52(53-33-39(54-22-30-67(59,60)31-23-54)36(3)65-44(56)34-64-29-28-63-27-26-62-25-24-61-11)21-20-50(9)38(45(37)52)12-13-41-49(8)17-16-42(66-43(55)32-47(4,5)46(57)58)48(6,7)40(49)15-18-51(41,50)10/h36-42,45,53H,1,12-34H2,2-11H3,(H,57,58)/t36-,37+,38-,39-,40+,41-,42+,45-,49+,50-,51-,52+/m1/s1. The van der Waals surface area contributed by atoms with Crippen LogP contribution in [0.3, 0.4) is 0 Å². The minimum atomic E-state index is -3.13. The van der Waals surface area contributed by atoms with Crippen molar-refractivity contribution in [2.75, 3.05) is 84.5 Å². The average molecular weight is 965 g/mol. The van der Waals surface area contributed by atoms with Gasteiger partial charge in [-0.1, -0.05) is 46.8 Å². The van der Waals surface area contributed by atoms with Crippen LogP contribution in [-0.4, -0.2) is 145 Å². The molecule has 67 heavy (non-hydrogen) atoms. The molecule has 1 heterocycles. The maximum atomic E-state index is 13.2. The van der Waals surface area contributed by atoms with Gasteiger partial charge in [-0.3, -0.25) is 14.5 Å². The predicted octanol–water partition coefficient (Wildman–Crippen LogP) is 7.13. The van der Waals surface area contributed by atoms with Gasteiger partial charge in [-0.25, -0.2) is 13.2 Å². The molecule has 1 saturated heterocycles. The Labute approximate surface area is 403 Å². The molecule has 2 N–H and O–H groups in total. The Balaban J connectivity index is 1.15. The second-order valence-electron chi connectivity index (χ2n) is 23.6. The van der Waals surface area contributed by atoms with Crippen LogP contribution in [0.15, 0.2) is 12.2 Å². The first-order valence-electron chi connectivity index (χ1n) is 25.6. The van der Waals surface area contributed by atoms with Crippen molar-refractivity contribution in [3.05, 3.63) is 12.2 Å². The van der Waals surface area contributed by atoms with Gasteiger partial charge in [0.15, 0.2) is 9.84 Å². The second-order valence-corrected chi connectivity index (χ2v) is 26.0. The fraction of sp³-hybridized carbons (Fsp3) is 0.904. The van der Waals surface area contributed by atoms with Gasteiger partial charge in [-0.2, -0.15) is 0 Å². The summed E-state index contributed by atoms with van der Waals surface area (Å²) in [5.74, 6) is 0.458. The molecular weight excluding hydrogens is 877 g/mol. The van der Waals surface area contributed by atoms with E-state index in [-0.39, 0.29) is 70.5 Å². The summed E-state index contributed by atoms with van der Waals surface area (Å²) in [5.41, 5.74) is -0.0211. The smallest absolute Gasteiger partial charge is 0.332 e. The van der Waals surface area contributed by atoms with Gasteiger partial charge < -0.3 is 38.8 Å². The number of esters is 2. The van der Waals surface area contributed by atoms with Gasteiger partial charge in [-0.05, 0) is 138 Å². The number of aliphatic carboxylic acids is 1. The molecule has 0 amide bonds. The molecule has 6 rings (SSSR count). The molecule has 0 spiro atoms. The molecule has 6 aliphatic rings. The number of hydrogen-bond donors (Lipinski definition) is 2. The molecule has 1 aliphatic heterocycles. The maximum Gasteiger partial charge on any atom is 0.332 e. The van der Waals surface area contributed by atoms with E-state index < -0.39 is 39.3 Å². The van der Waals surface area contributed by atoms with Gasteiger partial charge in [0.25, 0.3) is 0 Å². The third-order valence-electron chi connectivity index (χ3n) is 19.2. The van der Waals surface area contributed by atoms with Gasteiger partial charge >= 0.3 is 17.9 Å². The molecule has 0 aromatic carbocycles. The Morgan fingerprint density at radius 3 is 2.07 bits per heavy atom. The van der Waals surface area contributed by atoms with Crippen LogP contribution < -0.4 is 5.32 Å². The van der Waals surface area contributed by atoms with Crippen LogP contribution in [0, 0.1) is 56.7 Å². The number of sulfone groups is 1. The summed E-state index contributed by atoms with van der Waals surface area (Å²) >= 11 is 0. The molecule has 5 saturated carbocycles. The zero-order chi connectivity index (χ0) is 49.2. The number of allylic oxidation sites excluding steroid dienone is 1. The zero-order valence-electron chi connectivity index (χ0n) is 42.9. The average Bonchev–Trinajstić information content (AvgIpc) is 3.63. The van der Waals surface area contributed by atoms with E-state index in [1.54, 1.807) is 21.0 Å². The van der Waals surface area contributed by atoms with Gasteiger partial charge in [0.05, 0.1) is 69.0 Å². The predicted molar refractivity (Wildman–Crippen MR) is 257 cm³/mol. The fourth-order valence-corrected chi connectivity index (χ4v) is 16.5. The molecule has 12 atom stereocenters. The Hall–Kier alpha value is -2.14. The lowest BCUT2D eigenvalue weighted by Gasteiger charge is -2.73. The molecule has 0 radical (unpaired) electrons. The number of carbonyl (C=O) groups excluding carboxylic acids is 2. The molecule has 384 valence electrons. The molecule has 5 aliphatic carbocycles. The molecule has 0 aromatic heterocycles. The zero-order valence-corrected chi connectivity index (χ0v) is 43.7. The first-order chi connectivity index (χ1) is 31.4. The van der Waals surface area contributed by atoms with Crippen molar-refractivity contribution in [3.63, 3.8) is 0 Å². The van der Waals surface area contributed by atoms with Crippen LogP contribution in [0.25, 0.3) is 0 Å². The lowest BCUT2D eigenvalue weighted by Crippen LogP contribution is -2.69. The van der Waals surface area contributed by atoms with Gasteiger partial charge in [0.2, 0.25) is 0 Å². The van der Waals surface area contributed by atoms with E-state index in [4.69, 9.17) is 28.4 Å². The fourth-order valence-electron chi connectivity index (χ4n) is 15.3. The number of hydrogen-bond acceptors (Lipinski definition) is 13. The van der Waals surface area contributed by atoms with Gasteiger partial charge in [0.1, 0.15) is 18.8 Å². The number of nitrogens with zero attached hydrogens (tertiary/aromatic N) is 1. The summed E-state index contributed by atoms with van der Waals surface area (Å²) in [7, 11) is -1.50. The number of carboxylic acids is 1. The molecule has 14 nitrogen and oxygen atoms in total. The quantitative estimate of drug-likeness (QED) is 0.0637. The lowest BCUT2D eigenvalue weighted by atomic mass is 9.32. The largest absolute Gasteiger partial charge is 0.481 e. The van der Waals surface area contributed by atoms with Crippen LogP contribution >= 0.6 is 0 Å². The SMILES string of the molecule is C=C(C)[C@@H]1CC[C@]2(NC[C@H]([C@@H](C)OC(=O)COCCOCCOCCOC)N3CCS(=O)(=O)CC3)CC[C@]3(C)[C@H](CC[C@@H]4[C@@]5(C)CC[C@H](OC(=O)CC(C)(C)C(=O)O)C(C)(C)[C@@H]5CC[C@]43C)[C@@H]12. The van der Waals surface area contributed by atoms with Crippen molar-refractivity contribution in [1.82, 2.24) is 10.2 Å². The number of rotatable bonds is 22. The summed E-state index contributed by atoms with van der Waals surface area (Å²) in [6.45, 7) is 27.9. The summed E-state index contributed by atoms with van der Waals surface area (Å²) in [5, 5.41) is 13.9. The van der Waals surface area contributed by atoms with Crippen molar-refractivity contribution in [2.45, 2.75) is 157 Å². The van der Waals surface area contributed by atoms with E-state index in [1.165, 1.54) is 5.57 Å². The van der Waals surface area contributed by atoms with E-state index in [1.807, 2.05) is 6.92 Å². The Bertz CT molecular complexity index is 1860. The first kappa shape index (κ1) is 54.2. The van der Waals surface area contributed by atoms with Gasteiger partial charge in [0, 0.05) is 37.7 Å². The number of carbonyl (C=O) groups is 3. The lowest BCUT2D eigenvalue weighted by molar-refractivity contribution is -0.246. The summed E-state index contributed by atoms with van der Waals surface area (Å²) < 4.78 is 59.1. The Morgan fingerprint density at radius 2 is 1.45 bits per heavy atom. The van der Waals surface area contributed by atoms with Crippen molar-refractivity contribution < 1.29 is 56.3 Å². The molecular formula is C52H88N2O12S. The van der Waals surface area contributed by atoms with Crippen molar-refractivity contribution >= 4 is 27.7 Å². The number of carboxylic acid groups (broad SMARTS) is 1. The van der Waals surface area contributed by atoms with Crippen molar-refractivity contribution in [2.24, 2.45) is 56.7 Å². The Morgan fingerprint density at radius 1 is 0.806 bits per heavy atom. The van der Waals surface area contributed by atoms with Crippen LogP contribution in [0.1, 0.15) is 133 Å². The Kier molecular flexibility index (Phi) is 17.2. The highest BCUT2D eigenvalue weighted by Crippen LogP contribution is 2.76. The number of nitrogens with one attached hydrogen (secondary N) is 1. The molecule has 15 heteroatoms. The highest BCUT2D eigenvalue weighted by atomic mass is 32.2. The first-order valence-corrected chi connectivity index (χ1v) is 27.4. The molecule has 0 aromatic rings. The van der Waals surface area contributed by atoms with E-state index in [0.717, 1.165) is 64.2 Å². The normalized spacial score (nSPS) is 36.6. The van der Waals surface area contributed by atoms with Crippen LogP contribution in [0.2, 0.25) is 0 Å². The summed E-state index contributed by atoms with van der Waals surface area (Å²) in [6.07, 6.45) is 9.64. The maximum absolute atomic E-state index is 13.2. The highest BCUT2D eigenvalue weighted by molar-refractivity contribution is 7.91. The van der Waals surface area contributed by atoms with Crippen LogP contribution in [-0.2, 0) is 52.6 Å². The van der Waals surface area contributed by atoms with Gasteiger partial charge in [-0.15, -0.1) is 0 Å². The van der Waals surface area contributed by atoms with Crippen LogP contribution in [0.5, 0.6) is 0 Å². The van der Waals surface area contributed by atoms with E-state index in [2.05, 4.69) is 58.3 Å². The third kappa shape index (κ3) is 11.2. The second kappa shape index (κ2) is 21.3. The molecule has 6 fully saturated rings. The number of methoxy groups -OCH3 is 1. The third-order valence-corrected chi connectivity index (χ3v) is 20.8. The number of fused-ring (bicyclic) bond motifs is 7. The molecule has 0 unspecified atom stereocenters. The van der Waals surface area contributed by atoms with E-state index >= 15 is 0 Å². The monoisotopic (exact) mass is 965 g/mol. The number of ether oxygens (including phenoxy) is 6. The summed E-state index contributed by atoms with van der Waals surface area (Å²) in [6, 6.07) is -0.224. The van der Waals surface area contributed by atoms with Crippen molar-refractivity contribution in [1.29, 1.82) is 0 Å².